The number of hydrogen-bond acceptors (Lipinski definition) is 6. The highest BCUT2D eigenvalue weighted by atomic mass is 32.1. The zero-order valence-electron chi connectivity index (χ0n) is 11.5. The van der Waals surface area contributed by atoms with Crippen molar-refractivity contribution in [2.45, 2.75) is 6.92 Å². The number of aryl methyl sites for hydroxylation is 1. The molecule has 0 N–H and O–H groups in total. The largest absolute Gasteiger partial charge is 0.495 e. The van der Waals surface area contributed by atoms with Crippen LogP contribution in [0.3, 0.4) is 0 Å². The van der Waals surface area contributed by atoms with Crippen molar-refractivity contribution in [3.8, 4) is 5.75 Å². The van der Waals surface area contributed by atoms with Crippen molar-refractivity contribution in [3.63, 3.8) is 0 Å². The molecular weight excluding hydrogens is 288 g/mol. The summed E-state index contributed by atoms with van der Waals surface area (Å²) in [4.78, 5) is 22.1. The Kier molecular flexibility index (Phi) is 3.53. The van der Waals surface area contributed by atoms with Crippen molar-refractivity contribution >= 4 is 29.3 Å². The van der Waals surface area contributed by atoms with E-state index in [1.54, 1.807) is 31.6 Å². The van der Waals surface area contributed by atoms with Gasteiger partial charge in [0, 0.05) is 11.1 Å². The van der Waals surface area contributed by atoms with Gasteiger partial charge < -0.3 is 9.47 Å². The van der Waals surface area contributed by atoms with Crippen molar-refractivity contribution in [3.05, 3.63) is 51.6 Å². The average Bonchev–Trinajstić information content (AvgIpc) is 3.06. The predicted molar refractivity (Wildman–Crippen MR) is 80.5 cm³/mol. The molecule has 0 unspecified atom stereocenters. The number of carbonyl (C=O) groups excluding carboxylic acids is 1. The zero-order valence-corrected chi connectivity index (χ0v) is 12.3. The maximum Gasteiger partial charge on any atom is 0.363 e. The number of hydrogen-bond donors (Lipinski definition) is 0. The van der Waals surface area contributed by atoms with Gasteiger partial charge in [0.2, 0.25) is 5.90 Å². The number of esters is 1. The second-order valence-electron chi connectivity index (χ2n) is 4.40. The SMILES string of the molecule is COc1cncc(/C=C2\N=C(c3ccc(C)s3)OC2=O)c1. The van der Waals surface area contributed by atoms with Gasteiger partial charge in [-0.15, -0.1) is 11.3 Å². The highest BCUT2D eigenvalue weighted by Crippen LogP contribution is 2.24. The molecular formula is C15H12N2O3S. The monoisotopic (exact) mass is 300 g/mol. The molecule has 0 radical (unpaired) electrons. The number of nitrogens with zero attached hydrogens (tertiary/aromatic N) is 2. The van der Waals surface area contributed by atoms with Gasteiger partial charge in [0.25, 0.3) is 0 Å². The van der Waals surface area contributed by atoms with Gasteiger partial charge in [0.15, 0.2) is 5.70 Å². The van der Waals surface area contributed by atoms with Crippen molar-refractivity contribution in [2.24, 2.45) is 4.99 Å². The molecule has 2 aromatic heterocycles. The van der Waals surface area contributed by atoms with Crippen LogP contribution in [-0.2, 0) is 9.53 Å². The van der Waals surface area contributed by atoms with E-state index in [1.165, 1.54) is 11.3 Å². The van der Waals surface area contributed by atoms with E-state index in [0.717, 1.165) is 15.3 Å². The maximum absolute atomic E-state index is 11.9. The minimum Gasteiger partial charge on any atom is -0.495 e. The van der Waals surface area contributed by atoms with Gasteiger partial charge in [0.1, 0.15) is 5.75 Å². The van der Waals surface area contributed by atoms with Crippen molar-refractivity contribution in [1.82, 2.24) is 4.98 Å². The molecule has 106 valence electrons. The van der Waals surface area contributed by atoms with Crippen LogP contribution < -0.4 is 4.74 Å². The van der Waals surface area contributed by atoms with Crippen molar-refractivity contribution in [1.29, 1.82) is 0 Å². The number of cyclic esters (lactones) is 1. The van der Waals surface area contributed by atoms with Gasteiger partial charge in [-0.25, -0.2) is 9.79 Å². The maximum atomic E-state index is 11.9. The van der Waals surface area contributed by atoms with E-state index < -0.39 is 5.97 Å². The molecule has 2 aromatic rings. The van der Waals surface area contributed by atoms with E-state index >= 15 is 0 Å². The Labute approximate surface area is 125 Å². The van der Waals surface area contributed by atoms with Crippen LogP contribution in [-0.4, -0.2) is 24.0 Å². The number of aromatic nitrogens is 1. The minimum atomic E-state index is -0.459. The van der Waals surface area contributed by atoms with Crippen LogP contribution in [0.15, 0.2) is 41.3 Å². The molecule has 0 atom stereocenters. The molecule has 0 amide bonds. The molecule has 0 aliphatic carbocycles. The summed E-state index contributed by atoms with van der Waals surface area (Å²) in [5.41, 5.74) is 0.986. The molecule has 21 heavy (non-hydrogen) atoms. The number of methoxy groups -OCH3 is 1. The summed E-state index contributed by atoms with van der Waals surface area (Å²) in [6.45, 7) is 1.99. The van der Waals surface area contributed by atoms with Crippen LogP contribution in [0.1, 0.15) is 15.3 Å². The summed E-state index contributed by atoms with van der Waals surface area (Å²) in [6, 6.07) is 5.63. The lowest BCUT2D eigenvalue weighted by Gasteiger charge is -1.99. The van der Waals surface area contributed by atoms with Crippen molar-refractivity contribution in [2.75, 3.05) is 7.11 Å². The Hall–Kier alpha value is -2.47. The number of ether oxygens (including phenoxy) is 2. The summed E-state index contributed by atoms with van der Waals surface area (Å²) >= 11 is 1.53. The normalized spacial score (nSPS) is 16.0. The Balaban J connectivity index is 1.92. The molecule has 0 saturated heterocycles. The quantitative estimate of drug-likeness (QED) is 0.646. The van der Waals surface area contributed by atoms with E-state index in [2.05, 4.69) is 9.98 Å². The second kappa shape index (κ2) is 5.49. The zero-order chi connectivity index (χ0) is 14.8. The van der Waals surface area contributed by atoms with Crippen LogP contribution >= 0.6 is 11.3 Å². The predicted octanol–water partition coefficient (Wildman–Crippen LogP) is 2.80. The Morgan fingerprint density at radius 1 is 1.33 bits per heavy atom. The Morgan fingerprint density at radius 3 is 2.90 bits per heavy atom. The fourth-order valence-electron chi connectivity index (χ4n) is 1.85. The summed E-state index contributed by atoms with van der Waals surface area (Å²) in [6.07, 6.45) is 4.86. The molecule has 6 heteroatoms. The summed E-state index contributed by atoms with van der Waals surface area (Å²) in [5.74, 6) is 0.507. The third kappa shape index (κ3) is 2.85. The third-order valence-corrected chi connectivity index (χ3v) is 3.83. The lowest BCUT2D eigenvalue weighted by Crippen LogP contribution is -2.03. The van der Waals surface area contributed by atoms with Crippen LogP contribution in [0.4, 0.5) is 0 Å². The number of carbonyl (C=O) groups is 1. The highest BCUT2D eigenvalue weighted by Gasteiger charge is 2.25. The first-order chi connectivity index (χ1) is 10.2. The van der Waals surface area contributed by atoms with Crippen LogP contribution in [0.25, 0.3) is 6.08 Å². The van der Waals surface area contributed by atoms with E-state index in [-0.39, 0.29) is 5.70 Å². The van der Waals surface area contributed by atoms with Crippen LogP contribution in [0, 0.1) is 6.92 Å². The van der Waals surface area contributed by atoms with E-state index in [0.29, 0.717) is 11.6 Å². The lowest BCUT2D eigenvalue weighted by molar-refractivity contribution is -0.129. The average molecular weight is 300 g/mol. The summed E-state index contributed by atoms with van der Waals surface area (Å²) < 4.78 is 10.3. The van der Waals surface area contributed by atoms with Gasteiger partial charge >= 0.3 is 5.97 Å². The molecule has 5 nitrogen and oxygen atoms in total. The van der Waals surface area contributed by atoms with Gasteiger partial charge in [0.05, 0.1) is 18.2 Å². The first-order valence-corrected chi connectivity index (χ1v) is 7.06. The smallest absolute Gasteiger partial charge is 0.363 e. The molecule has 0 fully saturated rings. The van der Waals surface area contributed by atoms with Crippen molar-refractivity contribution < 1.29 is 14.3 Å². The van der Waals surface area contributed by atoms with Gasteiger partial charge in [-0.3, -0.25) is 4.98 Å². The number of thiophene rings is 1. The van der Waals surface area contributed by atoms with Gasteiger partial charge in [-0.05, 0) is 36.8 Å². The molecule has 3 heterocycles. The number of rotatable bonds is 3. The third-order valence-electron chi connectivity index (χ3n) is 2.85. The minimum absolute atomic E-state index is 0.256. The standard InChI is InChI=1S/C15H12N2O3S/c1-9-3-4-13(21-9)14-17-12(15(18)20-14)6-10-5-11(19-2)8-16-7-10/h3-8H,1-2H3/b12-6-. The Morgan fingerprint density at radius 2 is 2.19 bits per heavy atom. The van der Waals surface area contributed by atoms with Gasteiger partial charge in [-0.1, -0.05) is 0 Å². The molecule has 0 aromatic carbocycles. The molecule has 1 aliphatic rings. The summed E-state index contributed by atoms with van der Waals surface area (Å²) in [5, 5.41) is 0. The molecule has 0 bridgehead atoms. The molecule has 1 aliphatic heterocycles. The molecule has 0 spiro atoms. The molecule has 3 rings (SSSR count). The first kappa shape index (κ1) is 13.5. The highest BCUT2D eigenvalue weighted by molar-refractivity contribution is 7.14. The fourth-order valence-corrected chi connectivity index (χ4v) is 2.64. The number of aliphatic imine (C=N–C) groups is 1. The van der Waals surface area contributed by atoms with Gasteiger partial charge in [-0.2, -0.15) is 0 Å². The lowest BCUT2D eigenvalue weighted by atomic mass is 10.2. The second-order valence-corrected chi connectivity index (χ2v) is 5.69. The van der Waals surface area contributed by atoms with E-state index in [9.17, 15) is 4.79 Å². The summed E-state index contributed by atoms with van der Waals surface area (Å²) in [7, 11) is 1.56. The van der Waals surface area contributed by atoms with Crippen LogP contribution in [0.2, 0.25) is 0 Å². The molecule has 0 saturated carbocycles. The van der Waals surface area contributed by atoms with E-state index in [4.69, 9.17) is 9.47 Å². The fraction of sp³-hybridized carbons (Fsp3) is 0.133. The Bertz CT molecular complexity index is 762. The van der Waals surface area contributed by atoms with E-state index in [1.807, 2.05) is 19.1 Å². The topological polar surface area (TPSA) is 60.8 Å². The number of pyridine rings is 1. The van der Waals surface area contributed by atoms with Crippen LogP contribution in [0.5, 0.6) is 5.75 Å². The first-order valence-electron chi connectivity index (χ1n) is 6.24.